The van der Waals surface area contributed by atoms with Crippen molar-refractivity contribution < 1.29 is 17.5 Å². The lowest BCUT2D eigenvalue weighted by molar-refractivity contribution is 0.376. The molecule has 34 heavy (non-hydrogen) atoms. The lowest BCUT2D eigenvalue weighted by Gasteiger charge is -2.27. The Labute approximate surface area is 197 Å². The molecule has 3 aromatic carbocycles. The Bertz CT molecular complexity index is 1530. The second-order valence-electron chi connectivity index (χ2n) is 7.95. The van der Waals surface area contributed by atoms with Gasteiger partial charge in [-0.3, -0.25) is 9.36 Å². The smallest absolute Gasteiger partial charge is 0.266 e. The van der Waals surface area contributed by atoms with Gasteiger partial charge in [-0.15, -0.1) is 0 Å². The number of benzene rings is 3. The zero-order chi connectivity index (χ0) is 24.6. The van der Waals surface area contributed by atoms with Crippen molar-refractivity contribution >= 4 is 20.9 Å². The van der Waals surface area contributed by atoms with Crippen LogP contribution in [0.1, 0.15) is 24.4 Å². The highest BCUT2D eigenvalue weighted by molar-refractivity contribution is 7.89. The Morgan fingerprint density at radius 2 is 1.74 bits per heavy atom. The van der Waals surface area contributed by atoms with Crippen LogP contribution in [0.25, 0.3) is 16.6 Å². The molecule has 0 N–H and O–H groups in total. The predicted molar refractivity (Wildman–Crippen MR) is 128 cm³/mol. The van der Waals surface area contributed by atoms with E-state index < -0.39 is 21.9 Å². The lowest BCUT2D eigenvalue weighted by atomic mass is 10.1. The van der Waals surface area contributed by atoms with Crippen molar-refractivity contribution in [2.45, 2.75) is 24.8 Å². The minimum Gasteiger partial charge on any atom is -0.495 e. The van der Waals surface area contributed by atoms with Gasteiger partial charge in [0.25, 0.3) is 5.56 Å². The number of para-hydroxylation sites is 1. The third kappa shape index (κ3) is 4.08. The molecule has 0 aliphatic heterocycles. The number of fused-ring (bicyclic) bond motifs is 1. The zero-order valence-electron chi connectivity index (χ0n) is 19.2. The van der Waals surface area contributed by atoms with Crippen LogP contribution < -0.4 is 10.3 Å². The molecule has 4 rings (SSSR count). The highest BCUT2D eigenvalue weighted by Gasteiger charge is 2.30. The van der Waals surface area contributed by atoms with Crippen LogP contribution in [-0.2, 0) is 10.0 Å². The summed E-state index contributed by atoms with van der Waals surface area (Å²) in [7, 11) is -1.10. The minimum atomic E-state index is -4.01. The zero-order valence-corrected chi connectivity index (χ0v) is 20.0. The van der Waals surface area contributed by atoms with Crippen molar-refractivity contribution in [1.82, 2.24) is 13.9 Å². The number of hydrogen-bond donors (Lipinski definition) is 0. The van der Waals surface area contributed by atoms with E-state index >= 15 is 0 Å². The first-order valence-corrected chi connectivity index (χ1v) is 12.0. The summed E-state index contributed by atoms with van der Waals surface area (Å²) in [6, 6.07) is 16.0. The van der Waals surface area contributed by atoms with Gasteiger partial charge in [0.2, 0.25) is 10.0 Å². The summed E-state index contributed by atoms with van der Waals surface area (Å²) in [6.45, 7) is 3.53. The number of sulfonamides is 1. The predicted octanol–water partition coefficient (Wildman–Crippen LogP) is 4.22. The largest absolute Gasteiger partial charge is 0.495 e. The summed E-state index contributed by atoms with van der Waals surface area (Å²) in [5.74, 6) is 0.134. The maximum Gasteiger partial charge on any atom is 0.266 e. The van der Waals surface area contributed by atoms with E-state index in [0.29, 0.717) is 22.3 Å². The highest BCUT2D eigenvalue weighted by atomic mass is 32.2. The van der Waals surface area contributed by atoms with E-state index in [4.69, 9.17) is 9.72 Å². The molecule has 0 aliphatic rings. The number of aryl methyl sites for hydroxylation is 1. The average molecular weight is 482 g/mol. The molecule has 0 saturated heterocycles. The van der Waals surface area contributed by atoms with E-state index in [0.717, 1.165) is 22.0 Å². The summed E-state index contributed by atoms with van der Waals surface area (Å²) < 4.78 is 48.0. The molecule has 4 aromatic rings. The number of ether oxygens (including phenoxy) is 1. The number of hydrogen-bond acceptors (Lipinski definition) is 5. The van der Waals surface area contributed by atoms with Crippen molar-refractivity contribution in [2.24, 2.45) is 0 Å². The van der Waals surface area contributed by atoms with Crippen LogP contribution in [0.2, 0.25) is 0 Å². The molecule has 176 valence electrons. The molecule has 0 amide bonds. The Morgan fingerprint density at radius 3 is 2.41 bits per heavy atom. The summed E-state index contributed by atoms with van der Waals surface area (Å²) >= 11 is 0. The molecule has 0 aliphatic carbocycles. The van der Waals surface area contributed by atoms with Crippen LogP contribution in [0.4, 0.5) is 4.39 Å². The average Bonchev–Trinajstić information content (AvgIpc) is 2.83. The van der Waals surface area contributed by atoms with Crippen LogP contribution in [0.15, 0.2) is 76.4 Å². The topological polar surface area (TPSA) is 81.5 Å². The molecule has 0 spiro atoms. The third-order valence-corrected chi connectivity index (χ3v) is 7.73. The van der Waals surface area contributed by atoms with E-state index in [9.17, 15) is 17.6 Å². The summed E-state index contributed by atoms with van der Waals surface area (Å²) in [4.78, 5) is 18.3. The molecule has 1 aromatic heterocycles. The number of methoxy groups -OCH3 is 1. The van der Waals surface area contributed by atoms with Gasteiger partial charge in [-0.1, -0.05) is 18.2 Å². The van der Waals surface area contributed by atoms with Crippen LogP contribution >= 0.6 is 0 Å². The molecule has 9 heteroatoms. The standard InChI is InChI=1S/C25H24FN3O4S/c1-16-9-14-23(33-4)22(15-16)29-24(27-21-8-6-5-7-20(21)25(29)30)17(2)28(3)34(31,32)19-12-10-18(26)11-13-19/h5-15,17H,1-4H3. The van der Waals surface area contributed by atoms with Gasteiger partial charge in [-0.2, -0.15) is 4.31 Å². The van der Waals surface area contributed by atoms with Gasteiger partial charge in [0, 0.05) is 7.05 Å². The Kier molecular flexibility index (Phi) is 6.24. The SMILES string of the molecule is COc1ccc(C)cc1-n1c(C(C)N(C)S(=O)(=O)c2ccc(F)cc2)nc2ccccc2c1=O. The number of aromatic nitrogens is 2. The van der Waals surface area contributed by atoms with Crippen LogP contribution in [0.3, 0.4) is 0 Å². The Balaban J connectivity index is 1.96. The second kappa shape index (κ2) is 9.00. The van der Waals surface area contributed by atoms with Crippen molar-refractivity contribution in [3.05, 3.63) is 94.3 Å². The van der Waals surface area contributed by atoms with Gasteiger partial charge < -0.3 is 4.74 Å². The molecule has 7 nitrogen and oxygen atoms in total. The van der Waals surface area contributed by atoms with Crippen LogP contribution in [-0.4, -0.2) is 36.4 Å². The molecule has 0 radical (unpaired) electrons. The van der Waals surface area contributed by atoms with Crippen molar-refractivity contribution in [3.63, 3.8) is 0 Å². The maximum absolute atomic E-state index is 13.7. The first kappa shape index (κ1) is 23.6. The molecular formula is C25H24FN3O4S. The maximum atomic E-state index is 13.7. The molecule has 0 fully saturated rings. The van der Waals surface area contributed by atoms with Crippen LogP contribution in [0, 0.1) is 12.7 Å². The van der Waals surface area contributed by atoms with Gasteiger partial charge in [0.1, 0.15) is 17.4 Å². The summed E-state index contributed by atoms with van der Waals surface area (Å²) in [5.41, 5.74) is 1.45. The van der Waals surface area contributed by atoms with Gasteiger partial charge >= 0.3 is 0 Å². The van der Waals surface area contributed by atoms with Crippen molar-refractivity contribution in [3.8, 4) is 11.4 Å². The fraction of sp³-hybridized carbons (Fsp3) is 0.200. The molecule has 0 saturated carbocycles. The van der Waals surface area contributed by atoms with E-state index in [2.05, 4.69) is 0 Å². The number of nitrogens with zero attached hydrogens (tertiary/aromatic N) is 3. The number of halogens is 1. The molecule has 1 heterocycles. The van der Waals surface area contributed by atoms with E-state index in [1.165, 1.54) is 30.9 Å². The van der Waals surface area contributed by atoms with E-state index in [1.54, 1.807) is 43.3 Å². The summed E-state index contributed by atoms with van der Waals surface area (Å²) in [5, 5.41) is 0.394. The molecule has 0 bridgehead atoms. The Hall–Kier alpha value is -3.56. The van der Waals surface area contributed by atoms with Gasteiger partial charge in [-0.25, -0.2) is 17.8 Å². The van der Waals surface area contributed by atoms with Gasteiger partial charge in [-0.05, 0) is 67.9 Å². The van der Waals surface area contributed by atoms with E-state index in [1.807, 2.05) is 13.0 Å². The lowest BCUT2D eigenvalue weighted by Crippen LogP contribution is -2.35. The molecule has 1 atom stereocenters. The molecular weight excluding hydrogens is 457 g/mol. The molecule has 1 unspecified atom stereocenters. The fourth-order valence-corrected chi connectivity index (χ4v) is 5.10. The van der Waals surface area contributed by atoms with Crippen molar-refractivity contribution in [2.75, 3.05) is 14.2 Å². The second-order valence-corrected chi connectivity index (χ2v) is 9.95. The monoisotopic (exact) mass is 481 g/mol. The summed E-state index contributed by atoms with van der Waals surface area (Å²) in [6.07, 6.45) is 0. The number of rotatable bonds is 6. The van der Waals surface area contributed by atoms with Gasteiger partial charge in [0.05, 0.1) is 34.6 Å². The third-order valence-electron chi connectivity index (χ3n) is 5.79. The Morgan fingerprint density at radius 1 is 1.06 bits per heavy atom. The highest BCUT2D eigenvalue weighted by Crippen LogP contribution is 2.30. The quantitative estimate of drug-likeness (QED) is 0.412. The van der Waals surface area contributed by atoms with Gasteiger partial charge in [0.15, 0.2) is 0 Å². The van der Waals surface area contributed by atoms with Crippen LogP contribution in [0.5, 0.6) is 5.75 Å². The minimum absolute atomic E-state index is 0.0638. The van der Waals surface area contributed by atoms with E-state index in [-0.39, 0.29) is 16.3 Å². The first-order chi connectivity index (χ1) is 16.1. The fourth-order valence-electron chi connectivity index (χ4n) is 3.78. The first-order valence-electron chi connectivity index (χ1n) is 10.6. The normalized spacial score (nSPS) is 12.8. The van der Waals surface area contributed by atoms with Crippen molar-refractivity contribution in [1.29, 1.82) is 0 Å².